The number of methoxy groups -OCH3 is 3. The minimum atomic E-state index is -0.470. The van der Waals surface area contributed by atoms with Gasteiger partial charge in [0.1, 0.15) is 18.0 Å². The molecule has 166 valence electrons. The number of ether oxygens (including phenoxy) is 3. The van der Waals surface area contributed by atoms with E-state index in [1.165, 1.54) is 12.0 Å². The Hall–Kier alpha value is -3.36. The van der Waals surface area contributed by atoms with Crippen molar-refractivity contribution in [1.29, 1.82) is 0 Å². The topological polar surface area (TPSA) is 94.1 Å². The molecular weight excluding hydrogens is 400 g/mol. The van der Waals surface area contributed by atoms with E-state index in [1.54, 1.807) is 38.7 Å². The van der Waals surface area contributed by atoms with E-state index in [0.29, 0.717) is 24.0 Å². The highest BCUT2D eigenvalue weighted by molar-refractivity contribution is 5.84. The normalized spacial score (nSPS) is 15.8. The number of carbonyl (C=O) groups is 2. The van der Waals surface area contributed by atoms with Crippen LogP contribution in [-0.4, -0.2) is 67.7 Å². The van der Waals surface area contributed by atoms with Gasteiger partial charge in [0, 0.05) is 38.1 Å². The summed E-state index contributed by atoms with van der Waals surface area (Å²) in [4.78, 5) is 37.6. The van der Waals surface area contributed by atoms with Crippen LogP contribution in [0.5, 0.6) is 11.5 Å². The number of piperidine rings is 1. The highest BCUT2D eigenvalue weighted by atomic mass is 16.5. The number of hydrogen-bond acceptors (Lipinski definition) is 8. The first-order valence-electron chi connectivity index (χ1n) is 10.1. The second kappa shape index (κ2) is 10.6. The fourth-order valence-electron chi connectivity index (χ4n) is 3.68. The van der Waals surface area contributed by atoms with Crippen molar-refractivity contribution in [3.63, 3.8) is 0 Å². The van der Waals surface area contributed by atoms with Gasteiger partial charge in [-0.1, -0.05) is 0 Å². The van der Waals surface area contributed by atoms with Crippen LogP contribution >= 0.6 is 0 Å². The lowest BCUT2D eigenvalue weighted by molar-refractivity contribution is -0.149. The molecule has 1 aromatic carbocycles. The Bertz CT molecular complexity index is 870. The largest absolute Gasteiger partial charge is 0.497 e. The Kier molecular flexibility index (Phi) is 7.64. The SMILES string of the molecule is COC(=O)CN(Cc1cc(OC)cc(OC)c1)C(=O)C1CCCN(c2ncccn2)C1. The Balaban J connectivity index is 1.79. The van der Waals surface area contributed by atoms with Gasteiger partial charge in [-0.15, -0.1) is 0 Å². The molecule has 1 saturated heterocycles. The first-order chi connectivity index (χ1) is 15.0. The lowest BCUT2D eigenvalue weighted by atomic mass is 9.96. The van der Waals surface area contributed by atoms with Crippen LogP contribution in [0.15, 0.2) is 36.7 Å². The molecule has 3 rings (SSSR count). The van der Waals surface area contributed by atoms with E-state index in [4.69, 9.17) is 14.2 Å². The van der Waals surface area contributed by atoms with Crippen LogP contribution < -0.4 is 14.4 Å². The van der Waals surface area contributed by atoms with Crippen molar-refractivity contribution in [2.45, 2.75) is 19.4 Å². The molecule has 1 aromatic heterocycles. The quantitative estimate of drug-likeness (QED) is 0.589. The summed E-state index contributed by atoms with van der Waals surface area (Å²) in [6.07, 6.45) is 4.95. The van der Waals surface area contributed by atoms with E-state index < -0.39 is 5.97 Å². The molecule has 0 aliphatic carbocycles. The first-order valence-corrected chi connectivity index (χ1v) is 10.1. The fraction of sp³-hybridized carbons (Fsp3) is 0.455. The van der Waals surface area contributed by atoms with Gasteiger partial charge in [0.2, 0.25) is 11.9 Å². The molecule has 0 bridgehead atoms. The summed E-state index contributed by atoms with van der Waals surface area (Å²) in [6.45, 7) is 1.40. The second-order valence-electron chi connectivity index (χ2n) is 7.33. The van der Waals surface area contributed by atoms with Crippen LogP contribution in [0.4, 0.5) is 5.95 Å². The van der Waals surface area contributed by atoms with Crippen LogP contribution in [0.25, 0.3) is 0 Å². The molecule has 1 aliphatic rings. The third-order valence-electron chi connectivity index (χ3n) is 5.25. The molecular formula is C22H28N4O5. The maximum absolute atomic E-state index is 13.4. The second-order valence-corrected chi connectivity index (χ2v) is 7.33. The van der Waals surface area contributed by atoms with Crippen LogP contribution in [0, 0.1) is 5.92 Å². The standard InChI is InChI=1S/C22H28N4O5/c1-29-18-10-16(11-19(12-18)30-2)13-26(15-20(27)31-3)21(28)17-6-4-9-25(14-17)22-23-7-5-8-24-22/h5,7-8,10-12,17H,4,6,9,13-15H2,1-3H3. The number of carbonyl (C=O) groups excluding carboxylic acids is 2. The van der Waals surface area contributed by atoms with Crippen molar-refractivity contribution in [2.75, 3.05) is 45.9 Å². The van der Waals surface area contributed by atoms with Crippen molar-refractivity contribution in [3.05, 3.63) is 42.2 Å². The van der Waals surface area contributed by atoms with Crippen molar-refractivity contribution < 1.29 is 23.8 Å². The van der Waals surface area contributed by atoms with Gasteiger partial charge in [-0.25, -0.2) is 9.97 Å². The third-order valence-corrected chi connectivity index (χ3v) is 5.25. The monoisotopic (exact) mass is 428 g/mol. The number of hydrogen-bond donors (Lipinski definition) is 0. The zero-order valence-corrected chi connectivity index (χ0v) is 18.1. The van der Waals surface area contributed by atoms with Gasteiger partial charge in [-0.2, -0.15) is 0 Å². The van der Waals surface area contributed by atoms with Gasteiger partial charge in [0.25, 0.3) is 0 Å². The Morgan fingerprint density at radius 1 is 1.10 bits per heavy atom. The summed E-state index contributed by atoms with van der Waals surface area (Å²) in [5.74, 6) is 0.997. The van der Waals surface area contributed by atoms with Gasteiger partial charge in [-0.3, -0.25) is 9.59 Å². The number of anilines is 1. The summed E-state index contributed by atoms with van der Waals surface area (Å²) >= 11 is 0. The molecule has 9 heteroatoms. The summed E-state index contributed by atoms with van der Waals surface area (Å²) in [7, 11) is 4.45. The number of amides is 1. The molecule has 1 amide bonds. The number of esters is 1. The summed E-state index contributed by atoms with van der Waals surface area (Å²) < 4.78 is 15.5. The van der Waals surface area contributed by atoms with Gasteiger partial charge in [0.15, 0.2) is 0 Å². The zero-order valence-electron chi connectivity index (χ0n) is 18.1. The van der Waals surface area contributed by atoms with Gasteiger partial charge < -0.3 is 24.0 Å². The van der Waals surface area contributed by atoms with Crippen molar-refractivity contribution in [2.24, 2.45) is 5.92 Å². The molecule has 9 nitrogen and oxygen atoms in total. The molecule has 0 saturated carbocycles. The van der Waals surface area contributed by atoms with Crippen LogP contribution in [0.1, 0.15) is 18.4 Å². The maximum atomic E-state index is 13.4. The molecule has 2 heterocycles. The Labute approximate surface area is 181 Å². The van der Waals surface area contributed by atoms with E-state index in [2.05, 4.69) is 9.97 Å². The molecule has 0 radical (unpaired) electrons. The number of benzene rings is 1. The molecule has 1 atom stereocenters. The third kappa shape index (κ3) is 5.84. The first kappa shape index (κ1) is 22.3. The van der Waals surface area contributed by atoms with Crippen LogP contribution in [0.2, 0.25) is 0 Å². The van der Waals surface area contributed by atoms with Crippen LogP contribution in [-0.2, 0) is 20.9 Å². The average Bonchev–Trinajstić information content (AvgIpc) is 2.83. The van der Waals surface area contributed by atoms with Crippen LogP contribution in [0.3, 0.4) is 0 Å². The van der Waals surface area contributed by atoms with Crippen molar-refractivity contribution >= 4 is 17.8 Å². The molecule has 0 spiro atoms. The summed E-state index contributed by atoms with van der Waals surface area (Å²) in [5.41, 5.74) is 0.799. The molecule has 1 aliphatic heterocycles. The van der Waals surface area contributed by atoms with E-state index in [0.717, 1.165) is 24.9 Å². The predicted octanol–water partition coefficient (Wildman–Crippen LogP) is 1.91. The van der Waals surface area contributed by atoms with Gasteiger partial charge >= 0.3 is 5.97 Å². The highest BCUT2D eigenvalue weighted by Crippen LogP contribution is 2.26. The maximum Gasteiger partial charge on any atom is 0.325 e. The summed E-state index contributed by atoms with van der Waals surface area (Å²) in [6, 6.07) is 7.17. The molecule has 1 unspecified atom stereocenters. The zero-order chi connectivity index (χ0) is 22.2. The van der Waals surface area contributed by atoms with Crippen molar-refractivity contribution in [3.8, 4) is 11.5 Å². The molecule has 31 heavy (non-hydrogen) atoms. The molecule has 0 N–H and O–H groups in total. The number of rotatable bonds is 8. The lowest BCUT2D eigenvalue weighted by Gasteiger charge is -2.34. The highest BCUT2D eigenvalue weighted by Gasteiger charge is 2.31. The van der Waals surface area contributed by atoms with Gasteiger partial charge in [-0.05, 0) is 36.6 Å². The number of nitrogens with zero attached hydrogens (tertiary/aromatic N) is 4. The minimum absolute atomic E-state index is 0.104. The fourth-order valence-corrected chi connectivity index (χ4v) is 3.68. The Morgan fingerprint density at radius 3 is 2.39 bits per heavy atom. The summed E-state index contributed by atoms with van der Waals surface area (Å²) in [5, 5.41) is 0. The molecule has 1 fully saturated rings. The Morgan fingerprint density at radius 2 is 1.77 bits per heavy atom. The number of aromatic nitrogens is 2. The van der Waals surface area contributed by atoms with Gasteiger partial charge in [0.05, 0.1) is 27.2 Å². The van der Waals surface area contributed by atoms with E-state index in [-0.39, 0.29) is 24.9 Å². The van der Waals surface area contributed by atoms with E-state index >= 15 is 0 Å². The smallest absolute Gasteiger partial charge is 0.325 e. The lowest BCUT2D eigenvalue weighted by Crippen LogP contribution is -2.46. The average molecular weight is 428 g/mol. The van der Waals surface area contributed by atoms with E-state index in [1.807, 2.05) is 17.0 Å². The van der Waals surface area contributed by atoms with E-state index in [9.17, 15) is 9.59 Å². The molecule has 2 aromatic rings. The minimum Gasteiger partial charge on any atom is -0.497 e. The predicted molar refractivity (Wildman–Crippen MR) is 114 cm³/mol. The van der Waals surface area contributed by atoms with Crippen molar-refractivity contribution in [1.82, 2.24) is 14.9 Å².